The number of hydrogen-bond acceptors (Lipinski definition) is 3. The first-order valence-electron chi connectivity index (χ1n) is 16.3. The van der Waals surface area contributed by atoms with Crippen LogP contribution in [0.4, 0.5) is 30.7 Å². The lowest BCUT2D eigenvalue weighted by Gasteiger charge is -2.43. The molecule has 1 rings (SSSR count). The summed E-state index contributed by atoms with van der Waals surface area (Å²) in [7, 11) is 1.65. The fraction of sp³-hybridized carbons (Fsp3) is 0.639. The molecule has 0 aliphatic carbocycles. The summed E-state index contributed by atoms with van der Waals surface area (Å²) in [5.74, 6) is -4.40. The summed E-state index contributed by atoms with van der Waals surface area (Å²) >= 11 is 0. The molecule has 0 N–H and O–H groups in total. The van der Waals surface area contributed by atoms with E-state index in [1.165, 1.54) is 37.0 Å². The van der Waals surface area contributed by atoms with E-state index in [0.717, 1.165) is 45.4 Å². The van der Waals surface area contributed by atoms with Gasteiger partial charge in [-0.1, -0.05) is 51.2 Å². The van der Waals surface area contributed by atoms with Crippen molar-refractivity contribution in [1.29, 1.82) is 0 Å². The minimum absolute atomic E-state index is 0.0774. The monoisotopic (exact) mass is 678 g/mol. The Bertz CT molecular complexity index is 1180. The zero-order chi connectivity index (χ0) is 36.1. The van der Waals surface area contributed by atoms with Crippen LogP contribution in [0.1, 0.15) is 80.6 Å². The van der Waals surface area contributed by atoms with Gasteiger partial charge in [0, 0.05) is 38.0 Å². The second-order valence-electron chi connectivity index (χ2n) is 12.3. The molecule has 1 amide bonds. The molecule has 1 fully saturated rings. The summed E-state index contributed by atoms with van der Waals surface area (Å²) in [5, 5.41) is 0. The van der Waals surface area contributed by atoms with Gasteiger partial charge in [-0.3, -0.25) is 4.79 Å². The quantitative estimate of drug-likeness (QED) is 0.120. The summed E-state index contributed by atoms with van der Waals surface area (Å²) < 4.78 is 100. The van der Waals surface area contributed by atoms with E-state index >= 15 is 0 Å². The van der Waals surface area contributed by atoms with Gasteiger partial charge in [0.25, 0.3) is 0 Å². The van der Waals surface area contributed by atoms with Gasteiger partial charge in [0.15, 0.2) is 0 Å². The second kappa shape index (κ2) is 19.2. The van der Waals surface area contributed by atoms with Crippen LogP contribution in [-0.4, -0.2) is 66.9 Å². The number of carbonyl (C=O) groups excluding carboxylic acids is 1. The van der Waals surface area contributed by atoms with Gasteiger partial charge in [0.05, 0.1) is 29.8 Å². The summed E-state index contributed by atoms with van der Waals surface area (Å²) in [6.07, 6.45) is 1.99. The molecular weight excluding hydrogens is 625 g/mol. The number of piperidine rings is 1. The van der Waals surface area contributed by atoms with E-state index in [2.05, 4.69) is 31.4 Å². The second-order valence-corrected chi connectivity index (χ2v) is 12.3. The van der Waals surface area contributed by atoms with E-state index < -0.39 is 47.5 Å². The van der Waals surface area contributed by atoms with Crippen molar-refractivity contribution in [1.82, 2.24) is 9.80 Å². The third-order valence-electron chi connectivity index (χ3n) is 8.63. The number of allylic oxidation sites excluding steroid dienone is 7. The Morgan fingerprint density at radius 2 is 1.70 bits per heavy atom. The van der Waals surface area contributed by atoms with Crippen molar-refractivity contribution in [3.63, 3.8) is 0 Å². The van der Waals surface area contributed by atoms with Crippen molar-refractivity contribution in [2.45, 2.75) is 105 Å². The largest absolute Gasteiger partial charge is 0.412 e. The van der Waals surface area contributed by atoms with Gasteiger partial charge in [-0.05, 0) is 89.5 Å². The van der Waals surface area contributed by atoms with Crippen LogP contribution in [-0.2, 0) is 9.53 Å². The number of alkyl halides is 6. The van der Waals surface area contributed by atoms with Crippen molar-refractivity contribution in [2.24, 2.45) is 17.8 Å². The van der Waals surface area contributed by atoms with Crippen molar-refractivity contribution in [2.75, 3.05) is 26.7 Å². The van der Waals surface area contributed by atoms with Crippen LogP contribution in [0.25, 0.3) is 0 Å². The SMILES string of the molecule is C=C/C(=C\C=C(/C)F)[C@H]1C[C@@H](CN(CC)/C(=C/C(C)OC)CCCC)CCN1C(=O)C(C)C(=C/C(C)C(F)(F)F)/C=C(\C)C(F)(F)F. The molecule has 5 atom stereocenters. The lowest BCUT2D eigenvalue weighted by Crippen LogP contribution is -2.50. The predicted molar refractivity (Wildman–Crippen MR) is 175 cm³/mol. The lowest BCUT2D eigenvalue weighted by molar-refractivity contribution is -0.156. The molecule has 3 unspecified atom stereocenters. The molecule has 0 radical (unpaired) electrons. The fourth-order valence-electron chi connectivity index (χ4n) is 5.54. The highest BCUT2D eigenvalue weighted by molar-refractivity contribution is 5.83. The van der Waals surface area contributed by atoms with Crippen LogP contribution in [0, 0.1) is 17.8 Å². The van der Waals surface area contributed by atoms with Gasteiger partial charge in [0.2, 0.25) is 5.91 Å². The minimum atomic E-state index is -4.78. The highest BCUT2D eigenvalue weighted by atomic mass is 19.4. The maximum atomic E-state index is 14.0. The van der Waals surface area contributed by atoms with E-state index in [-0.39, 0.29) is 24.1 Å². The summed E-state index contributed by atoms with van der Waals surface area (Å²) in [6.45, 7) is 15.8. The van der Waals surface area contributed by atoms with Crippen LogP contribution in [0.5, 0.6) is 0 Å². The van der Waals surface area contributed by atoms with Gasteiger partial charge in [-0.15, -0.1) is 0 Å². The molecule has 4 nitrogen and oxygen atoms in total. The van der Waals surface area contributed by atoms with E-state index in [1.54, 1.807) is 7.11 Å². The molecule has 0 spiro atoms. The van der Waals surface area contributed by atoms with Gasteiger partial charge in [-0.2, -0.15) is 26.3 Å². The Labute approximate surface area is 276 Å². The first-order valence-corrected chi connectivity index (χ1v) is 16.3. The molecule has 0 aromatic carbocycles. The highest BCUT2D eigenvalue weighted by Crippen LogP contribution is 2.35. The maximum Gasteiger partial charge on any atom is 0.412 e. The van der Waals surface area contributed by atoms with E-state index in [4.69, 9.17) is 4.74 Å². The first-order chi connectivity index (χ1) is 21.8. The molecule has 0 aromatic heterocycles. The van der Waals surface area contributed by atoms with Crippen molar-refractivity contribution < 1.29 is 40.3 Å². The first kappa shape index (κ1) is 42.2. The number of likely N-dealkylation sites (tertiary alicyclic amines) is 1. The molecule has 1 saturated heterocycles. The number of methoxy groups -OCH3 is 1. The van der Waals surface area contributed by atoms with E-state index in [1.807, 2.05) is 6.92 Å². The molecule has 0 aromatic rings. The lowest BCUT2D eigenvalue weighted by atomic mass is 9.84. The molecule has 1 aliphatic rings. The van der Waals surface area contributed by atoms with Crippen molar-refractivity contribution >= 4 is 5.91 Å². The van der Waals surface area contributed by atoms with Crippen LogP contribution in [0.3, 0.4) is 0 Å². The van der Waals surface area contributed by atoms with Crippen LogP contribution in [0.2, 0.25) is 0 Å². The van der Waals surface area contributed by atoms with Gasteiger partial charge in [0.1, 0.15) is 0 Å². The van der Waals surface area contributed by atoms with Crippen molar-refractivity contribution in [3.8, 4) is 0 Å². The van der Waals surface area contributed by atoms with Crippen LogP contribution in [0.15, 0.2) is 71.3 Å². The average molecular weight is 679 g/mol. The number of rotatable bonds is 16. The normalized spacial score (nSPS) is 21.4. The predicted octanol–water partition coefficient (Wildman–Crippen LogP) is 10.3. The Morgan fingerprint density at radius 3 is 2.19 bits per heavy atom. The number of unbranched alkanes of at least 4 members (excludes halogenated alkanes) is 1. The van der Waals surface area contributed by atoms with Gasteiger partial charge in [-0.25, -0.2) is 4.39 Å². The average Bonchev–Trinajstić information content (AvgIpc) is 2.99. The van der Waals surface area contributed by atoms with Gasteiger partial charge >= 0.3 is 12.4 Å². The smallest absolute Gasteiger partial charge is 0.378 e. The number of halogens is 7. The summed E-state index contributed by atoms with van der Waals surface area (Å²) in [4.78, 5) is 17.8. The molecule has 47 heavy (non-hydrogen) atoms. The summed E-state index contributed by atoms with van der Waals surface area (Å²) in [5.41, 5.74) is 0.205. The number of nitrogens with zero attached hydrogens (tertiary/aromatic N) is 2. The number of ether oxygens (including phenoxy) is 1. The highest BCUT2D eigenvalue weighted by Gasteiger charge is 2.39. The van der Waals surface area contributed by atoms with Crippen LogP contribution < -0.4 is 0 Å². The Kier molecular flexibility index (Phi) is 17.3. The molecule has 0 bridgehead atoms. The molecular formula is C36H53F7N2O2. The zero-order valence-electron chi connectivity index (χ0n) is 29.1. The number of amides is 1. The third kappa shape index (κ3) is 13.7. The number of hydrogen-bond donors (Lipinski definition) is 0. The van der Waals surface area contributed by atoms with E-state index in [9.17, 15) is 35.5 Å². The Hall–Kier alpha value is -2.82. The fourth-order valence-corrected chi connectivity index (χ4v) is 5.54. The molecule has 268 valence electrons. The third-order valence-corrected chi connectivity index (χ3v) is 8.63. The molecule has 1 heterocycles. The number of carbonyl (C=O) groups is 1. The van der Waals surface area contributed by atoms with Crippen LogP contribution >= 0.6 is 0 Å². The molecule has 0 saturated carbocycles. The van der Waals surface area contributed by atoms with Gasteiger partial charge < -0.3 is 14.5 Å². The standard InChI is InChI=1S/C36H53F7N2O2/c1-10-13-14-32(21-27(7)47-9)44(12-3)23-29-17-18-45(33(22-29)30(11-2)16-15-26(6)37)34(46)28(8)31(19-24(4)35(38,39)40)20-25(5)36(41,42)43/h11,15-16,19-21,24,27-29,33H,2,10,12-14,17-18,22-23H2,1,3-9H3/b25-20+,26-15+,30-16+,31-19+,32-21+/t24?,27?,28?,29-,33+/m0/s1. The van der Waals surface area contributed by atoms with E-state index in [0.29, 0.717) is 37.1 Å². The molecule has 11 heteroatoms. The Morgan fingerprint density at radius 1 is 1.06 bits per heavy atom. The minimum Gasteiger partial charge on any atom is -0.378 e. The Balaban J connectivity index is 3.61. The topological polar surface area (TPSA) is 32.8 Å². The molecule has 1 aliphatic heterocycles. The summed E-state index contributed by atoms with van der Waals surface area (Å²) in [6, 6.07) is -0.620. The van der Waals surface area contributed by atoms with Crippen molar-refractivity contribution in [3.05, 3.63) is 71.3 Å². The maximum absolute atomic E-state index is 14.0. The zero-order valence-corrected chi connectivity index (χ0v) is 29.1.